The van der Waals surface area contributed by atoms with Gasteiger partial charge in [-0.05, 0) is 61.1 Å². The van der Waals surface area contributed by atoms with Gasteiger partial charge in [0.05, 0.1) is 9.79 Å². The third-order valence-corrected chi connectivity index (χ3v) is 13.3. The summed E-state index contributed by atoms with van der Waals surface area (Å²) < 4.78 is 65.5. The van der Waals surface area contributed by atoms with Gasteiger partial charge in [-0.25, -0.2) is 16.8 Å². The van der Waals surface area contributed by atoms with Crippen molar-refractivity contribution in [2.45, 2.75) is 255 Å². The first-order chi connectivity index (χ1) is 28.1. The second-order valence-electron chi connectivity index (χ2n) is 17.0. The summed E-state index contributed by atoms with van der Waals surface area (Å²) in [7, 11) is -8.64. The molecule has 0 radical (unpaired) electrons. The van der Waals surface area contributed by atoms with E-state index in [1.807, 2.05) is 0 Å². The molecule has 2 aromatic rings. The summed E-state index contributed by atoms with van der Waals surface area (Å²) in [5.41, 5.74) is 2.22. The smallest absolute Gasteiger partial charge is 0.744 e. The Labute approximate surface area is 405 Å². The number of hydrogen-bond acceptors (Lipinski definition) is 6. The summed E-state index contributed by atoms with van der Waals surface area (Å²) in [4.78, 5) is -0.271. The van der Waals surface area contributed by atoms with Crippen LogP contribution in [0.3, 0.4) is 0 Å². The van der Waals surface area contributed by atoms with Gasteiger partial charge in [0.15, 0.2) is 0 Å². The number of hydrogen-bond donors (Lipinski definition) is 0. The van der Waals surface area contributed by atoms with Gasteiger partial charge in [-0.2, -0.15) is 0 Å². The van der Waals surface area contributed by atoms with Crippen LogP contribution in [-0.4, -0.2) is 74.8 Å². The van der Waals surface area contributed by atoms with Crippen LogP contribution < -0.4 is 0 Å². The summed E-state index contributed by atoms with van der Waals surface area (Å²) in [6.07, 6.45) is 48.4. The molecule has 2 rings (SSSR count). The number of benzene rings is 2. The van der Waals surface area contributed by atoms with Crippen molar-refractivity contribution in [3.63, 3.8) is 0 Å². The van der Waals surface area contributed by atoms with Gasteiger partial charge in [0, 0.05) is 0 Å². The zero-order chi connectivity index (χ0) is 42.4. The van der Waals surface area contributed by atoms with Gasteiger partial charge in [-0.3, -0.25) is 0 Å². The van der Waals surface area contributed by atoms with Gasteiger partial charge >= 0.3 is 48.9 Å². The van der Waals surface area contributed by atoms with Crippen LogP contribution in [0, 0.1) is 0 Å². The minimum Gasteiger partial charge on any atom is -0.744 e. The third-order valence-electron chi connectivity index (χ3n) is 11.6. The van der Waals surface area contributed by atoms with E-state index < -0.39 is 20.2 Å². The van der Waals surface area contributed by atoms with Crippen molar-refractivity contribution in [1.82, 2.24) is 0 Å². The summed E-state index contributed by atoms with van der Waals surface area (Å²) in [5.74, 6) is 0. The largest absolute Gasteiger partial charge is 2.00 e. The van der Waals surface area contributed by atoms with Gasteiger partial charge in [0.1, 0.15) is 20.2 Å². The van der Waals surface area contributed by atoms with E-state index in [4.69, 9.17) is 0 Å². The maximum absolute atomic E-state index is 10.9. The average Bonchev–Trinajstić information content (AvgIpc) is 3.20. The Hall–Kier alpha value is -0.169. The number of unbranched alkanes of at least 4 members (excludes halogenated alkanes) is 32. The van der Waals surface area contributed by atoms with Gasteiger partial charge < -0.3 is 9.11 Å². The van der Waals surface area contributed by atoms with E-state index in [1.54, 1.807) is 24.3 Å². The fourth-order valence-electron chi connectivity index (χ4n) is 7.75. The van der Waals surface area contributed by atoms with Crippen LogP contribution in [0.5, 0.6) is 0 Å². The summed E-state index contributed by atoms with van der Waals surface area (Å²) in [6.45, 7) is 4.55. The Bertz CT molecular complexity index is 1300. The molecule has 0 aromatic heterocycles. The van der Waals surface area contributed by atoms with Crippen LogP contribution in [0.1, 0.15) is 243 Å². The van der Waals surface area contributed by atoms with Crippen molar-refractivity contribution in [1.29, 1.82) is 0 Å². The Morgan fingerprint density at radius 1 is 0.305 bits per heavy atom. The molecule has 0 amide bonds. The minimum atomic E-state index is -4.32. The summed E-state index contributed by atoms with van der Waals surface area (Å²) >= 11 is 0. The molecule has 59 heavy (non-hydrogen) atoms. The van der Waals surface area contributed by atoms with Crippen molar-refractivity contribution >= 4 is 69.1 Å². The molecule has 0 heterocycles. The molecule has 0 bridgehead atoms. The molecule has 0 spiro atoms. The Balaban J connectivity index is 0.00000112. The molecule has 0 aliphatic carbocycles. The van der Waals surface area contributed by atoms with Gasteiger partial charge in [0.25, 0.3) is 0 Å². The van der Waals surface area contributed by atoms with Gasteiger partial charge in [-0.1, -0.05) is 244 Å². The van der Waals surface area contributed by atoms with Crippen molar-refractivity contribution in [2.75, 3.05) is 0 Å². The third kappa shape index (κ3) is 37.0. The minimum absolute atomic E-state index is 0. The standard InChI is InChI=1S/2C25H44O3S.Ba/c2*1-2-3-4-5-6-7-8-9-10-11-12-13-14-15-16-17-18-19-24-20-22-25(23-21-24)29(26,27)28;/h2*20-23H,2-19H2,1H3,(H,26,27,28);/q;;+2/p-2. The zero-order valence-corrected chi connectivity index (χ0v) is 44.1. The van der Waals surface area contributed by atoms with E-state index in [0.29, 0.717) is 0 Å². The van der Waals surface area contributed by atoms with E-state index in [9.17, 15) is 25.9 Å². The summed E-state index contributed by atoms with van der Waals surface area (Å²) in [6, 6.07) is 12.7. The average molecular weight is 985 g/mol. The molecular weight excluding hydrogens is 898 g/mol. The van der Waals surface area contributed by atoms with Crippen LogP contribution in [-0.2, 0) is 33.1 Å². The van der Waals surface area contributed by atoms with Crippen LogP contribution in [0.25, 0.3) is 0 Å². The zero-order valence-electron chi connectivity index (χ0n) is 38.0. The molecule has 336 valence electrons. The fourth-order valence-corrected chi connectivity index (χ4v) is 8.69. The van der Waals surface area contributed by atoms with Gasteiger partial charge in [-0.15, -0.1) is 0 Å². The molecule has 0 saturated heterocycles. The number of rotatable bonds is 38. The fraction of sp³-hybridized carbons (Fsp3) is 0.760. The van der Waals surface area contributed by atoms with Crippen LogP contribution in [0.15, 0.2) is 58.3 Å². The van der Waals surface area contributed by atoms with Crippen LogP contribution in [0.2, 0.25) is 0 Å². The first-order valence-electron chi connectivity index (χ1n) is 24.2. The first-order valence-corrected chi connectivity index (χ1v) is 27.0. The molecule has 0 unspecified atom stereocenters. The predicted molar refractivity (Wildman–Crippen MR) is 250 cm³/mol. The van der Waals surface area contributed by atoms with Crippen molar-refractivity contribution in [3.8, 4) is 0 Å². The van der Waals surface area contributed by atoms with Crippen LogP contribution >= 0.6 is 0 Å². The second-order valence-corrected chi connectivity index (χ2v) is 19.8. The predicted octanol–water partition coefficient (Wildman–Crippen LogP) is 15.2. The molecule has 0 aliphatic rings. The van der Waals surface area contributed by atoms with Crippen LogP contribution in [0.4, 0.5) is 0 Å². The molecule has 0 aliphatic heterocycles. The monoisotopic (exact) mass is 984 g/mol. The van der Waals surface area contributed by atoms with E-state index in [0.717, 1.165) is 36.8 Å². The quantitative estimate of drug-likeness (QED) is 0.0376. The molecule has 6 nitrogen and oxygen atoms in total. The molecule has 9 heteroatoms. The maximum atomic E-state index is 10.9. The molecule has 0 saturated carbocycles. The van der Waals surface area contributed by atoms with Crippen molar-refractivity contribution < 1.29 is 25.9 Å². The van der Waals surface area contributed by atoms with Crippen molar-refractivity contribution in [3.05, 3.63) is 59.7 Å². The first kappa shape index (κ1) is 58.8. The Morgan fingerprint density at radius 3 is 0.644 bits per heavy atom. The molecule has 0 fully saturated rings. The topological polar surface area (TPSA) is 114 Å². The molecule has 2 aromatic carbocycles. The molecule has 0 N–H and O–H groups in total. The SMILES string of the molecule is CCCCCCCCCCCCCCCCCCCc1ccc(S(=O)(=O)[O-])cc1.CCCCCCCCCCCCCCCCCCCc1ccc(S(=O)(=O)[O-])cc1.[Ba+2]. The van der Waals surface area contributed by atoms with E-state index in [-0.39, 0.29) is 58.7 Å². The van der Waals surface area contributed by atoms with E-state index >= 15 is 0 Å². The Kier molecular flexibility index (Phi) is 40.5. The molecular formula is C50H86BaO6S2. The number of aryl methyl sites for hydroxylation is 2. The second kappa shape index (κ2) is 40.6. The van der Waals surface area contributed by atoms with Crippen molar-refractivity contribution in [2.24, 2.45) is 0 Å². The van der Waals surface area contributed by atoms with Gasteiger partial charge in [0.2, 0.25) is 0 Å². The maximum Gasteiger partial charge on any atom is 2.00 e. The Morgan fingerprint density at radius 2 is 0.475 bits per heavy atom. The van der Waals surface area contributed by atoms with E-state index in [2.05, 4.69) is 13.8 Å². The normalized spacial score (nSPS) is 11.6. The summed E-state index contributed by atoms with van der Waals surface area (Å²) in [5, 5.41) is 0. The molecule has 0 atom stereocenters. The van der Waals surface area contributed by atoms with E-state index in [1.165, 1.54) is 230 Å².